The first-order valence-corrected chi connectivity index (χ1v) is 6.84. The highest BCUT2D eigenvalue weighted by Gasteiger charge is 2.07. The molecule has 0 aliphatic heterocycles. The van der Waals surface area contributed by atoms with Crippen molar-refractivity contribution in [3.63, 3.8) is 0 Å². The number of nitrogens with two attached hydrogens (primary N) is 1. The summed E-state index contributed by atoms with van der Waals surface area (Å²) in [6, 6.07) is 11.2. The number of thioether (sulfide) groups is 1. The van der Waals surface area contributed by atoms with Crippen molar-refractivity contribution in [2.45, 2.75) is 11.9 Å². The number of rotatable bonds is 4. The van der Waals surface area contributed by atoms with Crippen LogP contribution in [0.2, 0.25) is 0 Å². The molecule has 2 aromatic rings. The highest BCUT2D eigenvalue weighted by atomic mass is 32.2. The first-order chi connectivity index (χ1) is 9.16. The molecule has 98 valence electrons. The predicted octanol–water partition coefficient (Wildman–Crippen LogP) is 2.70. The summed E-state index contributed by atoms with van der Waals surface area (Å²) >= 11 is 1.33. The summed E-state index contributed by atoms with van der Waals surface area (Å²) in [6.07, 6.45) is 1.66. The van der Waals surface area contributed by atoms with Crippen molar-refractivity contribution in [1.29, 1.82) is 0 Å². The summed E-state index contributed by atoms with van der Waals surface area (Å²) in [4.78, 5) is 16.0. The Morgan fingerprint density at radius 3 is 2.84 bits per heavy atom. The van der Waals surface area contributed by atoms with Gasteiger partial charge < -0.3 is 11.1 Å². The Labute approximate surface area is 116 Å². The topological polar surface area (TPSA) is 68.0 Å². The second-order valence-corrected chi connectivity index (χ2v) is 5.01. The SMILES string of the molecule is Cc1ccccc1NC(=O)CSc1ncccc1N. The van der Waals surface area contributed by atoms with Crippen molar-refractivity contribution >= 4 is 29.0 Å². The van der Waals surface area contributed by atoms with Gasteiger partial charge in [-0.15, -0.1) is 0 Å². The normalized spacial score (nSPS) is 10.2. The van der Waals surface area contributed by atoms with Crippen LogP contribution in [0.15, 0.2) is 47.6 Å². The Morgan fingerprint density at radius 2 is 2.11 bits per heavy atom. The van der Waals surface area contributed by atoms with Crippen LogP contribution in [-0.4, -0.2) is 16.6 Å². The fraction of sp³-hybridized carbons (Fsp3) is 0.143. The third-order valence-electron chi connectivity index (χ3n) is 2.56. The van der Waals surface area contributed by atoms with Crippen LogP contribution in [0.5, 0.6) is 0 Å². The average molecular weight is 273 g/mol. The van der Waals surface area contributed by atoms with E-state index in [1.807, 2.05) is 31.2 Å². The highest BCUT2D eigenvalue weighted by molar-refractivity contribution is 8.00. The van der Waals surface area contributed by atoms with E-state index in [0.717, 1.165) is 11.3 Å². The van der Waals surface area contributed by atoms with Gasteiger partial charge in [0.05, 0.1) is 11.4 Å². The number of nitrogen functional groups attached to an aromatic ring is 1. The molecule has 0 aliphatic carbocycles. The zero-order chi connectivity index (χ0) is 13.7. The van der Waals surface area contributed by atoms with Crippen LogP contribution in [-0.2, 0) is 4.79 Å². The molecule has 5 heteroatoms. The fourth-order valence-electron chi connectivity index (χ4n) is 1.56. The van der Waals surface area contributed by atoms with Crippen molar-refractivity contribution < 1.29 is 4.79 Å². The molecule has 19 heavy (non-hydrogen) atoms. The molecular weight excluding hydrogens is 258 g/mol. The van der Waals surface area contributed by atoms with E-state index in [4.69, 9.17) is 5.73 Å². The molecule has 0 bridgehead atoms. The molecule has 1 heterocycles. The Bertz CT molecular complexity index is 586. The lowest BCUT2D eigenvalue weighted by molar-refractivity contribution is -0.113. The summed E-state index contributed by atoms with van der Waals surface area (Å²) in [5, 5.41) is 3.55. The van der Waals surface area contributed by atoms with Crippen LogP contribution in [0.25, 0.3) is 0 Å². The van der Waals surface area contributed by atoms with Gasteiger partial charge in [0.15, 0.2) is 0 Å². The van der Waals surface area contributed by atoms with Crippen molar-refractivity contribution in [3.8, 4) is 0 Å². The van der Waals surface area contributed by atoms with E-state index in [2.05, 4.69) is 10.3 Å². The summed E-state index contributed by atoms with van der Waals surface area (Å²) in [7, 11) is 0. The maximum Gasteiger partial charge on any atom is 0.234 e. The van der Waals surface area contributed by atoms with Crippen LogP contribution in [0.1, 0.15) is 5.56 Å². The van der Waals surface area contributed by atoms with Gasteiger partial charge in [-0.25, -0.2) is 4.98 Å². The third kappa shape index (κ3) is 3.72. The van der Waals surface area contributed by atoms with Gasteiger partial charge in [-0.1, -0.05) is 30.0 Å². The Kier molecular flexibility index (Phi) is 4.41. The number of pyridine rings is 1. The van der Waals surface area contributed by atoms with Crippen LogP contribution < -0.4 is 11.1 Å². The van der Waals surface area contributed by atoms with Crippen LogP contribution in [0.4, 0.5) is 11.4 Å². The molecular formula is C14H15N3OS. The number of hydrogen-bond donors (Lipinski definition) is 2. The molecule has 3 N–H and O–H groups in total. The van der Waals surface area contributed by atoms with Crippen molar-refractivity contribution in [3.05, 3.63) is 48.2 Å². The average Bonchev–Trinajstić information content (AvgIpc) is 2.40. The number of nitrogens with one attached hydrogen (secondary N) is 1. The molecule has 0 spiro atoms. The number of amides is 1. The number of hydrogen-bond acceptors (Lipinski definition) is 4. The van der Waals surface area contributed by atoms with E-state index in [1.165, 1.54) is 11.8 Å². The molecule has 0 unspecified atom stereocenters. The van der Waals surface area contributed by atoms with Crippen molar-refractivity contribution in [2.75, 3.05) is 16.8 Å². The molecule has 0 saturated carbocycles. The second kappa shape index (κ2) is 6.24. The molecule has 0 saturated heterocycles. The number of carbonyl (C=O) groups is 1. The minimum Gasteiger partial charge on any atom is -0.397 e. The molecule has 0 aliphatic rings. The van der Waals surface area contributed by atoms with E-state index in [1.54, 1.807) is 18.3 Å². The molecule has 0 atom stereocenters. The molecule has 1 amide bonds. The summed E-state index contributed by atoms with van der Waals surface area (Å²) in [5.74, 6) is 0.222. The van der Waals surface area contributed by atoms with Gasteiger partial charge in [0.2, 0.25) is 5.91 Å². The van der Waals surface area contributed by atoms with E-state index in [0.29, 0.717) is 10.7 Å². The Hall–Kier alpha value is -2.01. The standard InChI is InChI=1S/C14H15N3OS/c1-10-5-2-3-7-12(10)17-13(18)9-19-14-11(15)6-4-8-16-14/h2-8H,9,15H2,1H3,(H,17,18). The number of para-hydroxylation sites is 1. The minimum absolute atomic E-state index is 0.0654. The van der Waals surface area contributed by atoms with Crippen LogP contribution >= 0.6 is 11.8 Å². The largest absolute Gasteiger partial charge is 0.397 e. The highest BCUT2D eigenvalue weighted by Crippen LogP contribution is 2.22. The van der Waals surface area contributed by atoms with Gasteiger partial charge in [-0.05, 0) is 30.7 Å². The van der Waals surface area contributed by atoms with Gasteiger partial charge >= 0.3 is 0 Å². The molecule has 2 rings (SSSR count). The van der Waals surface area contributed by atoms with E-state index in [9.17, 15) is 4.79 Å². The quantitative estimate of drug-likeness (QED) is 0.840. The second-order valence-electron chi connectivity index (χ2n) is 4.05. The van der Waals surface area contributed by atoms with Gasteiger partial charge in [0.25, 0.3) is 0 Å². The van der Waals surface area contributed by atoms with E-state index < -0.39 is 0 Å². The first kappa shape index (κ1) is 13.4. The molecule has 0 radical (unpaired) electrons. The molecule has 1 aromatic heterocycles. The number of carbonyl (C=O) groups excluding carboxylic acids is 1. The predicted molar refractivity (Wildman–Crippen MR) is 79.2 cm³/mol. The Morgan fingerprint density at radius 1 is 1.32 bits per heavy atom. The number of benzene rings is 1. The van der Waals surface area contributed by atoms with Crippen molar-refractivity contribution in [2.24, 2.45) is 0 Å². The van der Waals surface area contributed by atoms with Gasteiger partial charge in [-0.3, -0.25) is 4.79 Å². The number of aromatic nitrogens is 1. The number of aryl methyl sites for hydroxylation is 1. The molecule has 4 nitrogen and oxygen atoms in total. The van der Waals surface area contributed by atoms with E-state index >= 15 is 0 Å². The lowest BCUT2D eigenvalue weighted by Crippen LogP contribution is -2.15. The molecule has 1 aromatic carbocycles. The lowest BCUT2D eigenvalue weighted by Gasteiger charge is -2.08. The van der Waals surface area contributed by atoms with Crippen LogP contribution in [0, 0.1) is 6.92 Å². The van der Waals surface area contributed by atoms with Gasteiger partial charge in [0, 0.05) is 11.9 Å². The number of nitrogens with zero attached hydrogens (tertiary/aromatic N) is 1. The fourth-order valence-corrected chi connectivity index (χ4v) is 2.27. The van der Waals surface area contributed by atoms with Gasteiger partial charge in [0.1, 0.15) is 5.03 Å². The maximum atomic E-state index is 11.8. The van der Waals surface area contributed by atoms with Crippen molar-refractivity contribution in [1.82, 2.24) is 4.98 Å². The summed E-state index contributed by atoms with van der Waals surface area (Å²) < 4.78 is 0. The smallest absolute Gasteiger partial charge is 0.234 e. The zero-order valence-corrected chi connectivity index (χ0v) is 11.4. The monoisotopic (exact) mass is 273 g/mol. The minimum atomic E-state index is -0.0654. The first-order valence-electron chi connectivity index (χ1n) is 5.85. The summed E-state index contributed by atoms with van der Waals surface area (Å²) in [5.41, 5.74) is 8.24. The zero-order valence-electron chi connectivity index (χ0n) is 10.6. The number of anilines is 2. The maximum absolute atomic E-state index is 11.8. The van der Waals surface area contributed by atoms with Gasteiger partial charge in [-0.2, -0.15) is 0 Å². The molecule has 0 fully saturated rings. The van der Waals surface area contributed by atoms with Crippen LogP contribution in [0.3, 0.4) is 0 Å². The third-order valence-corrected chi connectivity index (χ3v) is 3.58. The van der Waals surface area contributed by atoms with E-state index in [-0.39, 0.29) is 11.7 Å². The Balaban J connectivity index is 1.92. The lowest BCUT2D eigenvalue weighted by atomic mass is 10.2. The summed E-state index contributed by atoms with van der Waals surface area (Å²) in [6.45, 7) is 1.96.